The van der Waals surface area contributed by atoms with E-state index in [0.717, 1.165) is 11.1 Å². The van der Waals surface area contributed by atoms with Crippen LogP contribution in [-0.4, -0.2) is 31.1 Å². The van der Waals surface area contributed by atoms with Gasteiger partial charge in [0.25, 0.3) is 0 Å². The van der Waals surface area contributed by atoms with E-state index in [-0.39, 0.29) is 25.2 Å². The highest BCUT2D eigenvalue weighted by Gasteiger charge is 2.25. The number of rotatable bonds is 11. The summed E-state index contributed by atoms with van der Waals surface area (Å²) in [6, 6.07) is 13.8. The van der Waals surface area contributed by atoms with Gasteiger partial charge in [0.15, 0.2) is 5.78 Å². The van der Waals surface area contributed by atoms with Gasteiger partial charge in [-0.1, -0.05) is 36.4 Å². The number of carbonyl (C=O) groups is 2. The minimum atomic E-state index is -4.13. The van der Waals surface area contributed by atoms with Gasteiger partial charge in [0.1, 0.15) is 5.75 Å². The monoisotopic (exact) mass is 434 g/mol. The summed E-state index contributed by atoms with van der Waals surface area (Å²) in [5, 5.41) is 0. The fraction of sp³-hybridized carbons (Fsp3) is 0.333. The molecule has 0 fully saturated rings. The van der Waals surface area contributed by atoms with Gasteiger partial charge < -0.3 is 9.47 Å². The Morgan fingerprint density at radius 1 is 0.968 bits per heavy atom. The number of carbonyl (C=O) groups excluding carboxylic acids is 2. The first-order valence-corrected chi connectivity index (χ1v) is 10.0. The maximum atomic E-state index is 12.5. The van der Waals surface area contributed by atoms with Gasteiger partial charge in [-0.3, -0.25) is 4.79 Å². The Morgan fingerprint density at radius 2 is 1.65 bits per heavy atom. The lowest BCUT2D eigenvalue weighted by atomic mass is 10.0. The van der Waals surface area contributed by atoms with Gasteiger partial charge in [0, 0.05) is 24.5 Å². The largest absolute Gasteiger partial charge is 0.494 e. The molecule has 31 heavy (non-hydrogen) atoms. The minimum Gasteiger partial charge on any atom is -0.494 e. The SMILES string of the molecule is CCOC(=O)/C=C/c1ccc(C(=O)Cc2ccc(OCCCCC(F)(F)F)cc2)cc1. The molecule has 0 amide bonds. The normalized spacial score (nSPS) is 11.5. The van der Waals surface area contributed by atoms with E-state index in [1.54, 1.807) is 61.5 Å². The summed E-state index contributed by atoms with van der Waals surface area (Å²) in [6.45, 7) is 2.26. The van der Waals surface area contributed by atoms with Gasteiger partial charge in [-0.2, -0.15) is 13.2 Å². The zero-order valence-electron chi connectivity index (χ0n) is 17.3. The fourth-order valence-corrected chi connectivity index (χ4v) is 2.74. The molecule has 0 aliphatic carbocycles. The van der Waals surface area contributed by atoms with Crippen LogP contribution in [0.25, 0.3) is 6.08 Å². The zero-order chi connectivity index (χ0) is 22.7. The third kappa shape index (κ3) is 9.51. The Labute approximate surface area is 179 Å². The van der Waals surface area contributed by atoms with Crippen LogP contribution in [0, 0.1) is 0 Å². The summed E-state index contributed by atoms with van der Waals surface area (Å²) in [6.07, 6.45) is -1.41. The van der Waals surface area contributed by atoms with Crippen molar-refractivity contribution in [3.05, 3.63) is 71.3 Å². The number of esters is 1. The molecule has 0 saturated heterocycles. The Bertz CT molecular complexity index is 869. The lowest BCUT2D eigenvalue weighted by Crippen LogP contribution is -2.08. The van der Waals surface area contributed by atoms with Crippen LogP contribution in [0.15, 0.2) is 54.6 Å². The lowest BCUT2D eigenvalue weighted by molar-refractivity contribution is -0.137. The summed E-state index contributed by atoms with van der Waals surface area (Å²) in [5.41, 5.74) is 2.14. The minimum absolute atomic E-state index is 0.0352. The highest BCUT2D eigenvalue weighted by molar-refractivity contribution is 5.97. The van der Waals surface area contributed by atoms with Crippen molar-refractivity contribution >= 4 is 17.8 Å². The molecule has 0 bridgehead atoms. The van der Waals surface area contributed by atoms with E-state index in [1.807, 2.05) is 0 Å². The van der Waals surface area contributed by atoms with Crippen LogP contribution in [0.4, 0.5) is 13.2 Å². The van der Waals surface area contributed by atoms with Crippen LogP contribution in [0.2, 0.25) is 0 Å². The smallest absolute Gasteiger partial charge is 0.389 e. The van der Waals surface area contributed by atoms with Crippen molar-refractivity contribution in [3.8, 4) is 5.75 Å². The van der Waals surface area contributed by atoms with Gasteiger partial charge in [-0.25, -0.2) is 4.79 Å². The lowest BCUT2D eigenvalue weighted by Gasteiger charge is -2.08. The van der Waals surface area contributed by atoms with Crippen molar-refractivity contribution in [3.63, 3.8) is 0 Å². The molecular weight excluding hydrogens is 409 g/mol. The van der Waals surface area contributed by atoms with E-state index in [2.05, 4.69) is 0 Å². The van der Waals surface area contributed by atoms with Gasteiger partial charge in [0.2, 0.25) is 0 Å². The number of halogens is 3. The van der Waals surface area contributed by atoms with Crippen molar-refractivity contribution in [1.82, 2.24) is 0 Å². The van der Waals surface area contributed by atoms with Gasteiger partial charge in [0.05, 0.1) is 13.2 Å². The summed E-state index contributed by atoms with van der Waals surface area (Å²) in [7, 11) is 0. The fourth-order valence-electron chi connectivity index (χ4n) is 2.74. The van der Waals surface area contributed by atoms with Crippen molar-refractivity contribution in [2.45, 2.75) is 38.8 Å². The molecule has 0 unspecified atom stereocenters. The molecular formula is C24H25F3O4. The van der Waals surface area contributed by atoms with Gasteiger partial charge in [-0.15, -0.1) is 0 Å². The molecule has 2 rings (SSSR count). The quantitative estimate of drug-likeness (QED) is 0.194. The van der Waals surface area contributed by atoms with Gasteiger partial charge in [-0.05, 0) is 49.1 Å². The molecule has 0 spiro atoms. The Morgan fingerprint density at radius 3 is 2.26 bits per heavy atom. The van der Waals surface area contributed by atoms with Gasteiger partial charge >= 0.3 is 12.1 Å². The van der Waals surface area contributed by atoms with E-state index < -0.39 is 18.6 Å². The number of alkyl halides is 3. The Balaban J connectivity index is 1.80. The summed E-state index contributed by atoms with van der Waals surface area (Å²) in [4.78, 5) is 23.8. The van der Waals surface area contributed by atoms with E-state index in [4.69, 9.17) is 9.47 Å². The predicted molar refractivity (Wildman–Crippen MR) is 112 cm³/mol. The van der Waals surface area contributed by atoms with Crippen LogP contribution in [0.3, 0.4) is 0 Å². The highest BCUT2D eigenvalue weighted by atomic mass is 19.4. The third-order valence-corrected chi connectivity index (χ3v) is 4.34. The topological polar surface area (TPSA) is 52.6 Å². The molecule has 0 aromatic heterocycles. The van der Waals surface area contributed by atoms with E-state index in [1.165, 1.54) is 6.08 Å². The van der Waals surface area contributed by atoms with Crippen LogP contribution < -0.4 is 4.74 Å². The number of ether oxygens (including phenoxy) is 2. The second-order valence-corrected chi connectivity index (χ2v) is 6.87. The summed E-state index contributed by atoms with van der Waals surface area (Å²) >= 11 is 0. The zero-order valence-corrected chi connectivity index (χ0v) is 17.3. The average molecular weight is 434 g/mol. The maximum absolute atomic E-state index is 12.5. The number of Topliss-reactive ketones (excluding diaryl/α,β-unsaturated/α-hetero) is 1. The molecule has 0 N–H and O–H groups in total. The molecule has 166 valence electrons. The van der Waals surface area contributed by atoms with Crippen molar-refractivity contribution in [2.75, 3.05) is 13.2 Å². The predicted octanol–water partition coefficient (Wildman–Crippen LogP) is 5.80. The molecule has 0 aliphatic rings. The number of benzene rings is 2. The van der Waals surface area contributed by atoms with Crippen molar-refractivity contribution < 1.29 is 32.2 Å². The standard InChI is InChI=1S/C24H25F3O4/c1-2-30-23(29)14-9-18-5-10-20(11-6-18)22(28)17-19-7-12-21(13-8-19)31-16-4-3-15-24(25,26)27/h5-14H,2-4,15-17H2,1H3/b14-9+. The molecule has 2 aromatic carbocycles. The van der Waals surface area contributed by atoms with E-state index in [9.17, 15) is 22.8 Å². The number of unbranched alkanes of at least 4 members (excludes halogenated alkanes) is 1. The second kappa shape index (κ2) is 11.9. The first kappa shape index (κ1) is 24.2. The second-order valence-electron chi connectivity index (χ2n) is 6.87. The molecule has 0 aliphatic heterocycles. The number of hydrogen-bond donors (Lipinski definition) is 0. The Hall–Kier alpha value is -3.09. The van der Waals surface area contributed by atoms with E-state index in [0.29, 0.717) is 24.3 Å². The summed E-state index contributed by atoms with van der Waals surface area (Å²) < 4.78 is 46.6. The van der Waals surface area contributed by atoms with E-state index >= 15 is 0 Å². The van der Waals surface area contributed by atoms with Crippen LogP contribution >= 0.6 is 0 Å². The maximum Gasteiger partial charge on any atom is 0.389 e. The molecule has 0 heterocycles. The molecule has 2 aromatic rings. The summed E-state index contributed by atoms with van der Waals surface area (Å²) in [5.74, 6) is 0.0825. The molecule has 7 heteroatoms. The van der Waals surface area contributed by atoms with Crippen molar-refractivity contribution in [2.24, 2.45) is 0 Å². The third-order valence-electron chi connectivity index (χ3n) is 4.34. The van der Waals surface area contributed by atoms with Crippen LogP contribution in [0.5, 0.6) is 5.75 Å². The highest BCUT2D eigenvalue weighted by Crippen LogP contribution is 2.22. The number of hydrogen-bond acceptors (Lipinski definition) is 4. The Kier molecular flexibility index (Phi) is 9.31. The van der Waals surface area contributed by atoms with Crippen LogP contribution in [0.1, 0.15) is 47.7 Å². The first-order chi connectivity index (χ1) is 14.8. The van der Waals surface area contributed by atoms with Crippen molar-refractivity contribution in [1.29, 1.82) is 0 Å². The molecule has 0 radical (unpaired) electrons. The number of ketones is 1. The molecule has 4 nitrogen and oxygen atoms in total. The first-order valence-electron chi connectivity index (χ1n) is 10.0. The van der Waals surface area contributed by atoms with Crippen LogP contribution in [-0.2, 0) is 16.0 Å². The molecule has 0 saturated carbocycles. The average Bonchev–Trinajstić information content (AvgIpc) is 2.73. The molecule has 0 atom stereocenters.